The van der Waals surface area contributed by atoms with Crippen LogP contribution in [0.4, 0.5) is 11.4 Å². The van der Waals surface area contributed by atoms with Gasteiger partial charge in [0.1, 0.15) is 23.0 Å². The Morgan fingerprint density at radius 3 is 1.34 bits per heavy atom. The Kier molecular flexibility index (Phi) is 7.42. The van der Waals surface area contributed by atoms with Crippen LogP contribution < -0.4 is 20.1 Å². The van der Waals surface area contributed by atoms with Crippen LogP contribution in [-0.4, -0.2) is 11.6 Å². The zero-order chi connectivity index (χ0) is 26.2. The molecule has 6 heteroatoms. The summed E-state index contributed by atoms with van der Waals surface area (Å²) in [5.74, 6) is 2.55. The highest BCUT2D eigenvalue weighted by molar-refractivity contribution is 6.08. The molecule has 38 heavy (non-hydrogen) atoms. The number of ketones is 2. The molecule has 5 rings (SSSR count). The van der Waals surface area contributed by atoms with Gasteiger partial charge in [0, 0.05) is 41.0 Å². The summed E-state index contributed by atoms with van der Waals surface area (Å²) in [4.78, 5) is 23.7. The van der Waals surface area contributed by atoms with Crippen LogP contribution in [0.3, 0.4) is 0 Å². The van der Waals surface area contributed by atoms with Crippen molar-refractivity contribution in [3.63, 3.8) is 0 Å². The molecule has 0 saturated heterocycles. The van der Waals surface area contributed by atoms with E-state index in [1.165, 1.54) is 12.2 Å². The molecule has 2 aliphatic rings. The molecule has 3 aromatic carbocycles. The lowest BCUT2D eigenvalue weighted by molar-refractivity contribution is -0.111. The van der Waals surface area contributed by atoms with Gasteiger partial charge in [-0.1, -0.05) is 30.4 Å². The molecule has 0 heterocycles. The summed E-state index contributed by atoms with van der Waals surface area (Å²) in [5.41, 5.74) is 2.87. The van der Waals surface area contributed by atoms with Gasteiger partial charge in [-0.3, -0.25) is 9.59 Å². The second-order valence-corrected chi connectivity index (χ2v) is 8.38. The number of anilines is 2. The van der Waals surface area contributed by atoms with Gasteiger partial charge in [-0.2, -0.15) is 0 Å². The molecule has 6 nitrogen and oxygen atoms in total. The predicted octanol–water partition coefficient (Wildman–Crippen LogP) is 7.25. The highest BCUT2D eigenvalue weighted by atomic mass is 16.5. The fraction of sp³-hybridized carbons (Fsp3) is 0. The van der Waals surface area contributed by atoms with Gasteiger partial charge in [-0.05, 0) is 85.0 Å². The van der Waals surface area contributed by atoms with E-state index in [1.54, 1.807) is 36.7 Å². The summed E-state index contributed by atoms with van der Waals surface area (Å²) in [5, 5.41) is 6.26. The lowest BCUT2D eigenvalue weighted by atomic mass is 10.1. The van der Waals surface area contributed by atoms with E-state index in [0.29, 0.717) is 34.1 Å². The molecular formula is C32H24N2O4. The topological polar surface area (TPSA) is 76.7 Å². The van der Waals surface area contributed by atoms with Crippen molar-refractivity contribution >= 4 is 22.9 Å². The number of rotatable bonds is 8. The van der Waals surface area contributed by atoms with Gasteiger partial charge in [0.25, 0.3) is 0 Å². The Bertz CT molecular complexity index is 1410. The fourth-order valence-corrected chi connectivity index (χ4v) is 3.63. The molecule has 3 aromatic rings. The van der Waals surface area contributed by atoms with E-state index in [0.717, 1.165) is 11.4 Å². The normalized spacial score (nSPS) is 16.2. The molecule has 0 fully saturated rings. The average Bonchev–Trinajstić information content (AvgIpc) is 2.94. The van der Waals surface area contributed by atoms with Crippen LogP contribution in [-0.2, 0) is 9.59 Å². The number of hydrogen-bond donors (Lipinski definition) is 2. The molecule has 0 amide bonds. The minimum absolute atomic E-state index is 0.0323. The lowest BCUT2D eigenvalue weighted by Crippen LogP contribution is -2.01. The second kappa shape index (κ2) is 11.6. The maximum atomic E-state index is 11.8. The molecule has 0 radical (unpaired) electrons. The van der Waals surface area contributed by atoms with Crippen LogP contribution in [0.25, 0.3) is 0 Å². The fourth-order valence-electron chi connectivity index (χ4n) is 3.63. The maximum Gasteiger partial charge on any atom is 0.187 e. The van der Waals surface area contributed by atoms with Crippen molar-refractivity contribution in [1.82, 2.24) is 0 Å². The molecule has 2 N–H and O–H groups in total. The van der Waals surface area contributed by atoms with Crippen LogP contribution in [0, 0.1) is 0 Å². The third-order valence-electron chi connectivity index (χ3n) is 5.61. The zero-order valence-corrected chi connectivity index (χ0v) is 20.3. The molecule has 2 aliphatic carbocycles. The van der Waals surface area contributed by atoms with Crippen LogP contribution in [0.15, 0.2) is 145 Å². The third-order valence-corrected chi connectivity index (χ3v) is 5.61. The summed E-state index contributed by atoms with van der Waals surface area (Å²) < 4.78 is 12.0. The van der Waals surface area contributed by atoms with E-state index in [2.05, 4.69) is 10.6 Å². The van der Waals surface area contributed by atoms with Gasteiger partial charge in [-0.15, -0.1) is 0 Å². The van der Waals surface area contributed by atoms with Gasteiger partial charge in [0.15, 0.2) is 11.6 Å². The van der Waals surface area contributed by atoms with Crippen molar-refractivity contribution in [2.75, 3.05) is 10.6 Å². The largest absolute Gasteiger partial charge is 0.457 e. The number of ether oxygens (including phenoxy) is 2. The first kappa shape index (κ1) is 24.3. The minimum Gasteiger partial charge on any atom is -0.457 e. The number of carbonyl (C=O) groups excluding carboxylic acids is 2. The van der Waals surface area contributed by atoms with Gasteiger partial charge < -0.3 is 20.1 Å². The van der Waals surface area contributed by atoms with Gasteiger partial charge in [0.05, 0.1) is 0 Å². The standard InChI is InChI=1S/C32H24N2O4/c35-31-10-3-1-6-23(31)21-33-25-12-16-27(17-13-25)37-29-8-5-9-30(20-29)38-28-18-14-26(15-19-28)34-22-24-7-2-4-11-32(24)36/h1-22,33-34H. The number of benzene rings is 3. The number of hydrogen-bond acceptors (Lipinski definition) is 6. The second-order valence-electron chi connectivity index (χ2n) is 8.38. The lowest BCUT2D eigenvalue weighted by Gasteiger charge is -2.11. The molecule has 0 spiro atoms. The van der Waals surface area contributed by atoms with Gasteiger partial charge in [0.2, 0.25) is 0 Å². The van der Waals surface area contributed by atoms with Gasteiger partial charge in [-0.25, -0.2) is 0 Å². The molecule has 0 aromatic heterocycles. The first-order chi connectivity index (χ1) is 18.6. The molecule has 0 unspecified atom stereocenters. The van der Waals surface area contributed by atoms with Crippen molar-refractivity contribution in [2.45, 2.75) is 0 Å². The Labute approximate surface area is 220 Å². The highest BCUT2D eigenvalue weighted by Crippen LogP contribution is 2.29. The molecule has 186 valence electrons. The van der Waals surface area contributed by atoms with Crippen molar-refractivity contribution < 1.29 is 19.1 Å². The summed E-state index contributed by atoms with van der Waals surface area (Å²) in [6, 6.07) is 22.3. The number of carbonyl (C=O) groups is 2. The van der Waals surface area contributed by atoms with E-state index >= 15 is 0 Å². The molecule has 0 atom stereocenters. The van der Waals surface area contributed by atoms with Crippen molar-refractivity contribution in [2.24, 2.45) is 0 Å². The smallest absolute Gasteiger partial charge is 0.187 e. The Hall–Kier alpha value is -5.36. The van der Waals surface area contributed by atoms with Crippen LogP contribution in [0.5, 0.6) is 23.0 Å². The van der Waals surface area contributed by atoms with Crippen LogP contribution in [0.1, 0.15) is 0 Å². The maximum absolute atomic E-state index is 11.8. The molecule has 0 bridgehead atoms. The van der Waals surface area contributed by atoms with Crippen molar-refractivity contribution in [3.05, 3.63) is 145 Å². The first-order valence-electron chi connectivity index (χ1n) is 12.0. The van der Waals surface area contributed by atoms with E-state index in [9.17, 15) is 9.59 Å². The number of allylic oxidation sites excluding steroid dienone is 10. The van der Waals surface area contributed by atoms with E-state index in [-0.39, 0.29) is 11.6 Å². The van der Waals surface area contributed by atoms with Crippen molar-refractivity contribution in [1.29, 1.82) is 0 Å². The average molecular weight is 501 g/mol. The highest BCUT2D eigenvalue weighted by Gasteiger charge is 2.07. The Morgan fingerprint density at radius 1 is 0.500 bits per heavy atom. The Morgan fingerprint density at radius 2 is 0.921 bits per heavy atom. The monoisotopic (exact) mass is 500 g/mol. The van der Waals surface area contributed by atoms with Gasteiger partial charge >= 0.3 is 0 Å². The third kappa shape index (κ3) is 6.44. The summed E-state index contributed by atoms with van der Waals surface area (Å²) >= 11 is 0. The first-order valence-corrected chi connectivity index (χ1v) is 12.0. The Balaban J connectivity index is 1.16. The van der Waals surface area contributed by atoms with Crippen LogP contribution >= 0.6 is 0 Å². The quantitative estimate of drug-likeness (QED) is 0.317. The van der Waals surface area contributed by atoms with Crippen LogP contribution in [0.2, 0.25) is 0 Å². The predicted molar refractivity (Wildman–Crippen MR) is 149 cm³/mol. The molecule has 0 saturated carbocycles. The van der Waals surface area contributed by atoms with E-state index in [1.807, 2.05) is 84.9 Å². The minimum atomic E-state index is -0.0323. The number of nitrogens with one attached hydrogen (secondary N) is 2. The molecule has 0 aliphatic heterocycles. The molecular weight excluding hydrogens is 476 g/mol. The SMILES string of the molecule is O=C1C=CC=CC1=CNc1ccc(Oc2cccc(Oc3ccc(NC=C4C=CC=CC4=O)cc3)c2)cc1. The zero-order valence-electron chi connectivity index (χ0n) is 20.3. The van der Waals surface area contributed by atoms with E-state index in [4.69, 9.17) is 9.47 Å². The summed E-state index contributed by atoms with van der Waals surface area (Å²) in [6.07, 6.45) is 17.1. The summed E-state index contributed by atoms with van der Waals surface area (Å²) in [7, 11) is 0. The summed E-state index contributed by atoms with van der Waals surface area (Å²) in [6.45, 7) is 0. The van der Waals surface area contributed by atoms with E-state index < -0.39 is 0 Å². The van der Waals surface area contributed by atoms with Crippen molar-refractivity contribution in [3.8, 4) is 23.0 Å².